The first-order valence-corrected chi connectivity index (χ1v) is 6.54. The quantitative estimate of drug-likeness (QED) is 0.722. The molecule has 0 unspecified atom stereocenters. The molecule has 2 rings (SSSR count). The molecule has 0 bridgehead atoms. The summed E-state index contributed by atoms with van der Waals surface area (Å²) in [5.41, 5.74) is 0. The van der Waals surface area contributed by atoms with E-state index in [1.165, 1.54) is 0 Å². The van der Waals surface area contributed by atoms with Gasteiger partial charge >= 0.3 is 0 Å². The van der Waals surface area contributed by atoms with E-state index in [2.05, 4.69) is 11.5 Å². The van der Waals surface area contributed by atoms with Gasteiger partial charge in [-0.1, -0.05) is 6.58 Å². The Balaban J connectivity index is 1.87. The molecule has 96 valence electrons. The van der Waals surface area contributed by atoms with Gasteiger partial charge in [-0.2, -0.15) is 0 Å². The summed E-state index contributed by atoms with van der Waals surface area (Å²) in [6, 6.07) is 0. The van der Waals surface area contributed by atoms with E-state index in [9.17, 15) is 4.79 Å². The summed E-state index contributed by atoms with van der Waals surface area (Å²) in [4.78, 5) is 16.5. The number of rotatable bonds is 2. The van der Waals surface area contributed by atoms with Gasteiger partial charge in [0.05, 0.1) is 0 Å². The molecule has 2 saturated heterocycles. The van der Waals surface area contributed by atoms with Crippen molar-refractivity contribution in [1.29, 1.82) is 0 Å². The maximum Gasteiger partial charge on any atom is 0.225 e. The van der Waals surface area contributed by atoms with Crippen LogP contribution < -0.4 is 0 Å². The zero-order valence-electron chi connectivity index (χ0n) is 10.4. The Morgan fingerprint density at radius 1 is 1.18 bits per heavy atom. The first-order valence-electron chi connectivity index (χ1n) is 6.54. The van der Waals surface area contributed by atoms with E-state index >= 15 is 0 Å². The third-order valence-corrected chi connectivity index (χ3v) is 3.67. The molecule has 4 heteroatoms. The summed E-state index contributed by atoms with van der Waals surface area (Å²) < 4.78 is 5.30. The van der Waals surface area contributed by atoms with Gasteiger partial charge in [-0.15, -0.1) is 0 Å². The van der Waals surface area contributed by atoms with Crippen LogP contribution in [-0.4, -0.2) is 55.1 Å². The molecule has 0 aromatic rings. The summed E-state index contributed by atoms with van der Waals surface area (Å²) in [5, 5.41) is 0. The van der Waals surface area contributed by atoms with E-state index in [-0.39, 0.29) is 5.92 Å². The summed E-state index contributed by atoms with van der Waals surface area (Å²) >= 11 is 0. The summed E-state index contributed by atoms with van der Waals surface area (Å²) in [5.74, 6) is 0.526. The smallest absolute Gasteiger partial charge is 0.225 e. The SMILES string of the molecule is C=CN1CCCN(C(=O)C2CCOCC2)CC1. The lowest BCUT2D eigenvalue weighted by atomic mass is 9.98. The molecule has 2 heterocycles. The number of hydrogen-bond acceptors (Lipinski definition) is 3. The van der Waals surface area contributed by atoms with Crippen LogP contribution in [0.2, 0.25) is 0 Å². The molecule has 2 aliphatic heterocycles. The third kappa shape index (κ3) is 3.22. The highest BCUT2D eigenvalue weighted by Crippen LogP contribution is 2.18. The average molecular weight is 238 g/mol. The third-order valence-electron chi connectivity index (χ3n) is 3.67. The van der Waals surface area contributed by atoms with Crippen LogP contribution in [0.4, 0.5) is 0 Å². The van der Waals surface area contributed by atoms with Crippen molar-refractivity contribution < 1.29 is 9.53 Å². The fourth-order valence-electron chi connectivity index (χ4n) is 2.54. The normalized spacial score (nSPS) is 23.3. The van der Waals surface area contributed by atoms with Gasteiger partial charge in [-0.25, -0.2) is 0 Å². The minimum atomic E-state index is 0.194. The fourth-order valence-corrected chi connectivity index (χ4v) is 2.54. The molecule has 0 spiro atoms. The average Bonchev–Trinajstić information content (AvgIpc) is 2.64. The van der Waals surface area contributed by atoms with E-state index < -0.39 is 0 Å². The molecule has 2 aliphatic rings. The Kier molecular flexibility index (Phi) is 4.42. The van der Waals surface area contributed by atoms with Crippen molar-refractivity contribution in [2.75, 3.05) is 39.4 Å². The van der Waals surface area contributed by atoms with Crippen LogP contribution >= 0.6 is 0 Å². The Bertz CT molecular complexity index is 275. The highest BCUT2D eigenvalue weighted by atomic mass is 16.5. The van der Waals surface area contributed by atoms with Crippen LogP contribution in [0.15, 0.2) is 12.8 Å². The second kappa shape index (κ2) is 6.05. The summed E-state index contributed by atoms with van der Waals surface area (Å²) in [6.45, 7) is 8.92. The molecule has 0 aromatic carbocycles. The molecule has 0 aromatic heterocycles. The lowest BCUT2D eigenvalue weighted by Crippen LogP contribution is -2.40. The van der Waals surface area contributed by atoms with Crippen molar-refractivity contribution >= 4 is 5.91 Å². The summed E-state index contributed by atoms with van der Waals surface area (Å²) in [7, 11) is 0. The van der Waals surface area contributed by atoms with Crippen LogP contribution in [-0.2, 0) is 9.53 Å². The van der Waals surface area contributed by atoms with Crippen LogP contribution in [0.3, 0.4) is 0 Å². The second-order valence-electron chi connectivity index (χ2n) is 4.78. The predicted octanol–water partition coefficient (Wildman–Crippen LogP) is 1.09. The highest BCUT2D eigenvalue weighted by molar-refractivity contribution is 5.79. The minimum Gasteiger partial charge on any atom is -0.381 e. The monoisotopic (exact) mass is 238 g/mol. The fraction of sp³-hybridized carbons (Fsp3) is 0.769. The molecule has 0 atom stereocenters. The lowest BCUT2D eigenvalue weighted by Gasteiger charge is -2.28. The van der Waals surface area contributed by atoms with E-state index in [0.29, 0.717) is 5.91 Å². The molecule has 1 amide bonds. The molecular weight excluding hydrogens is 216 g/mol. The van der Waals surface area contributed by atoms with Crippen LogP contribution in [0, 0.1) is 5.92 Å². The Hall–Kier alpha value is -1.03. The van der Waals surface area contributed by atoms with Crippen molar-refractivity contribution in [3.05, 3.63) is 12.8 Å². The van der Waals surface area contributed by atoms with Crippen molar-refractivity contribution in [2.24, 2.45) is 5.92 Å². The number of hydrogen-bond donors (Lipinski definition) is 0. The molecule has 4 nitrogen and oxygen atoms in total. The van der Waals surface area contributed by atoms with Crippen LogP contribution in [0.25, 0.3) is 0 Å². The van der Waals surface area contributed by atoms with Gasteiger partial charge in [0.15, 0.2) is 0 Å². The van der Waals surface area contributed by atoms with Gasteiger partial charge in [0, 0.05) is 45.3 Å². The van der Waals surface area contributed by atoms with Crippen molar-refractivity contribution in [3.63, 3.8) is 0 Å². The first-order chi connectivity index (χ1) is 8.31. The number of carbonyl (C=O) groups is 1. The number of ether oxygens (including phenoxy) is 1. The molecule has 2 fully saturated rings. The zero-order chi connectivity index (χ0) is 12.1. The van der Waals surface area contributed by atoms with E-state index in [1.54, 1.807) is 0 Å². The van der Waals surface area contributed by atoms with E-state index in [4.69, 9.17) is 4.74 Å². The van der Waals surface area contributed by atoms with Crippen molar-refractivity contribution in [1.82, 2.24) is 9.80 Å². The predicted molar refractivity (Wildman–Crippen MR) is 66.5 cm³/mol. The zero-order valence-corrected chi connectivity index (χ0v) is 10.4. The molecule has 17 heavy (non-hydrogen) atoms. The van der Waals surface area contributed by atoms with Gasteiger partial charge in [0.25, 0.3) is 0 Å². The number of carbonyl (C=O) groups excluding carboxylic acids is 1. The molecule has 0 N–H and O–H groups in total. The standard InChI is InChI=1S/C13H22N2O2/c1-2-14-6-3-7-15(9-8-14)13(16)12-4-10-17-11-5-12/h2,12H,1,3-11H2. The first kappa shape index (κ1) is 12.4. The molecule has 0 radical (unpaired) electrons. The molecular formula is C13H22N2O2. The minimum absolute atomic E-state index is 0.194. The van der Waals surface area contributed by atoms with Gasteiger partial charge < -0.3 is 14.5 Å². The molecule has 0 saturated carbocycles. The topological polar surface area (TPSA) is 32.8 Å². The second-order valence-corrected chi connectivity index (χ2v) is 4.78. The number of amides is 1. The Labute approximate surface area is 103 Å². The maximum atomic E-state index is 12.3. The highest BCUT2D eigenvalue weighted by Gasteiger charge is 2.27. The van der Waals surface area contributed by atoms with E-state index in [0.717, 1.165) is 58.7 Å². The summed E-state index contributed by atoms with van der Waals surface area (Å²) in [6.07, 6.45) is 4.70. The largest absolute Gasteiger partial charge is 0.381 e. The maximum absolute atomic E-state index is 12.3. The van der Waals surface area contributed by atoms with Gasteiger partial charge in [0.1, 0.15) is 0 Å². The lowest BCUT2D eigenvalue weighted by molar-refractivity contribution is -0.138. The van der Waals surface area contributed by atoms with Crippen LogP contribution in [0.5, 0.6) is 0 Å². The van der Waals surface area contributed by atoms with Gasteiger partial charge in [0.2, 0.25) is 5.91 Å². The Morgan fingerprint density at radius 2 is 1.94 bits per heavy atom. The van der Waals surface area contributed by atoms with Crippen LogP contribution in [0.1, 0.15) is 19.3 Å². The van der Waals surface area contributed by atoms with E-state index in [1.807, 2.05) is 11.1 Å². The Morgan fingerprint density at radius 3 is 2.65 bits per heavy atom. The molecule has 0 aliphatic carbocycles. The van der Waals surface area contributed by atoms with Crippen molar-refractivity contribution in [3.8, 4) is 0 Å². The van der Waals surface area contributed by atoms with Gasteiger partial charge in [-0.3, -0.25) is 4.79 Å². The van der Waals surface area contributed by atoms with Gasteiger partial charge in [-0.05, 0) is 25.5 Å². The van der Waals surface area contributed by atoms with Crippen molar-refractivity contribution in [2.45, 2.75) is 19.3 Å². The number of nitrogens with zero attached hydrogens (tertiary/aromatic N) is 2.